The minimum atomic E-state index is 0.0212. The molecule has 0 spiro atoms. The first-order valence-corrected chi connectivity index (χ1v) is 7.12. The van der Waals surface area contributed by atoms with E-state index in [4.69, 9.17) is 4.74 Å². The summed E-state index contributed by atoms with van der Waals surface area (Å²) in [6.07, 6.45) is 3.65. The molecule has 2 heterocycles. The third-order valence-electron chi connectivity index (χ3n) is 3.32. The normalized spacial score (nSPS) is 10.5. The van der Waals surface area contributed by atoms with E-state index >= 15 is 0 Å². The van der Waals surface area contributed by atoms with E-state index in [0.717, 1.165) is 11.3 Å². The molecule has 0 N–H and O–H groups in total. The van der Waals surface area contributed by atoms with Gasteiger partial charge in [-0.05, 0) is 41.6 Å². The smallest absolute Gasteiger partial charge is 0.206 e. The van der Waals surface area contributed by atoms with Crippen molar-refractivity contribution in [1.29, 1.82) is 0 Å². The molecule has 0 bridgehead atoms. The molecule has 0 amide bonds. The highest BCUT2D eigenvalue weighted by Crippen LogP contribution is 2.13. The summed E-state index contributed by atoms with van der Waals surface area (Å²) < 4.78 is 5.07. The molecule has 0 atom stereocenters. The zero-order valence-electron chi connectivity index (χ0n) is 12.6. The van der Waals surface area contributed by atoms with Crippen molar-refractivity contribution in [2.75, 3.05) is 7.11 Å². The molecule has 0 fully saturated rings. The van der Waals surface area contributed by atoms with E-state index in [0.29, 0.717) is 24.4 Å². The van der Waals surface area contributed by atoms with Crippen LogP contribution in [0.2, 0.25) is 0 Å². The second-order valence-electron chi connectivity index (χ2n) is 4.85. The fourth-order valence-corrected chi connectivity index (χ4v) is 2.07. The molecule has 0 saturated carbocycles. The molecule has 0 saturated heterocycles. The molecule has 0 aliphatic carbocycles. The van der Waals surface area contributed by atoms with E-state index in [2.05, 4.69) is 20.4 Å². The van der Waals surface area contributed by atoms with Gasteiger partial charge in [0.15, 0.2) is 5.78 Å². The largest absolute Gasteiger partial charge is 0.497 e. The quantitative estimate of drug-likeness (QED) is 0.648. The van der Waals surface area contributed by atoms with Gasteiger partial charge in [-0.2, -0.15) is 4.80 Å². The molecule has 0 radical (unpaired) electrons. The maximum absolute atomic E-state index is 12.2. The van der Waals surface area contributed by atoms with Gasteiger partial charge in [0.1, 0.15) is 5.75 Å². The van der Waals surface area contributed by atoms with Crippen molar-refractivity contribution < 1.29 is 9.53 Å². The van der Waals surface area contributed by atoms with Gasteiger partial charge in [0, 0.05) is 29.9 Å². The van der Waals surface area contributed by atoms with Gasteiger partial charge in [-0.15, -0.1) is 10.2 Å². The number of hydrogen-bond acceptors (Lipinski definition) is 6. The van der Waals surface area contributed by atoms with Gasteiger partial charge < -0.3 is 4.74 Å². The van der Waals surface area contributed by atoms with E-state index in [1.807, 2.05) is 12.1 Å². The lowest BCUT2D eigenvalue weighted by Crippen LogP contribution is -2.08. The number of tetrazole rings is 1. The van der Waals surface area contributed by atoms with Crippen molar-refractivity contribution in [2.24, 2.45) is 0 Å². The zero-order valence-corrected chi connectivity index (χ0v) is 12.6. The molecule has 0 aliphatic heterocycles. The van der Waals surface area contributed by atoms with Crippen LogP contribution < -0.4 is 4.74 Å². The van der Waals surface area contributed by atoms with Crippen LogP contribution in [0.25, 0.3) is 11.4 Å². The molecule has 0 aliphatic rings. The first kappa shape index (κ1) is 14.8. The molecule has 3 rings (SSSR count). The van der Waals surface area contributed by atoms with Crippen molar-refractivity contribution in [3.63, 3.8) is 0 Å². The average molecular weight is 309 g/mol. The van der Waals surface area contributed by atoms with Crippen LogP contribution in [0.1, 0.15) is 16.8 Å². The Morgan fingerprint density at radius 2 is 2.04 bits per heavy atom. The Kier molecular flexibility index (Phi) is 4.37. The van der Waals surface area contributed by atoms with Crippen LogP contribution in [-0.2, 0) is 6.54 Å². The molecule has 2 aromatic heterocycles. The second kappa shape index (κ2) is 6.78. The van der Waals surface area contributed by atoms with Gasteiger partial charge in [-0.25, -0.2) is 0 Å². The minimum absolute atomic E-state index is 0.0212. The summed E-state index contributed by atoms with van der Waals surface area (Å²) in [5.74, 6) is 1.24. The number of nitrogens with zero attached hydrogens (tertiary/aromatic N) is 5. The Morgan fingerprint density at radius 3 is 2.74 bits per heavy atom. The number of methoxy groups -OCH3 is 1. The lowest BCUT2D eigenvalue weighted by atomic mass is 10.1. The van der Waals surface area contributed by atoms with Crippen molar-refractivity contribution >= 4 is 5.78 Å². The average Bonchev–Trinajstić information content (AvgIpc) is 3.09. The second-order valence-corrected chi connectivity index (χ2v) is 4.85. The summed E-state index contributed by atoms with van der Waals surface area (Å²) in [5.41, 5.74) is 1.43. The standard InChI is InChI=1S/C16H15N5O2/c1-23-14-6-4-12(5-7-14)15(22)8-10-21-19-16(18-20-21)13-3-2-9-17-11-13/h2-7,9,11H,8,10H2,1H3. The third-order valence-corrected chi connectivity index (χ3v) is 3.32. The van der Waals surface area contributed by atoms with E-state index < -0.39 is 0 Å². The van der Waals surface area contributed by atoms with Gasteiger partial charge in [-0.3, -0.25) is 9.78 Å². The van der Waals surface area contributed by atoms with Crippen LogP contribution in [0.4, 0.5) is 0 Å². The van der Waals surface area contributed by atoms with Crippen molar-refractivity contribution in [1.82, 2.24) is 25.2 Å². The number of aromatic nitrogens is 5. The number of aryl methyl sites for hydroxylation is 1. The van der Waals surface area contributed by atoms with Crippen LogP contribution in [0.15, 0.2) is 48.8 Å². The zero-order chi connectivity index (χ0) is 16.1. The van der Waals surface area contributed by atoms with Crippen molar-refractivity contribution in [2.45, 2.75) is 13.0 Å². The summed E-state index contributed by atoms with van der Waals surface area (Å²) in [5, 5.41) is 12.2. The Balaban J connectivity index is 1.62. The molecule has 116 valence electrons. The van der Waals surface area contributed by atoms with E-state index in [-0.39, 0.29) is 5.78 Å². The molecular weight excluding hydrogens is 294 g/mol. The molecular formula is C16H15N5O2. The molecule has 0 unspecified atom stereocenters. The Bertz CT molecular complexity index is 784. The van der Waals surface area contributed by atoms with E-state index in [1.54, 1.807) is 43.8 Å². The molecule has 7 heteroatoms. The predicted octanol–water partition coefficient (Wildman–Crippen LogP) is 2.02. The number of ether oxygens (including phenoxy) is 1. The number of carbonyl (C=O) groups excluding carboxylic acids is 1. The Hall–Kier alpha value is -3.09. The van der Waals surface area contributed by atoms with Gasteiger partial charge in [0.25, 0.3) is 0 Å². The highest BCUT2D eigenvalue weighted by Gasteiger charge is 2.09. The van der Waals surface area contributed by atoms with E-state index in [1.165, 1.54) is 4.80 Å². The Labute approximate surface area is 132 Å². The highest BCUT2D eigenvalue weighted by molar-refractivity contribution is 5.96. The number of benzene rings is 1. The molecule has 1 aromatic carbocycles. The molecule has 23 heavy (non-hydrogen) atoms. The number of rotatable bonds is 6. The number of Topliss-reactive ketones (excluding diaryl/α,β-unsaturated/α-hetero) is 1. The van der Waals surface area contributed by atoms with Crippen LogP contribution in [0.5, 0.6) is 5.75 Å². The highest BCUT2D eigenvalue weighted by atomic mass is 16.5. The fraction of sp³-hybridized carbons (Fsp3) is 0.188. The fourth-order valence-electron chi connectivity index (χ4n) is 2.07. The molecule has 7 nitrogen and oxygen atoms in total. The lowest BCUT2D eigenvalue weighted by molar-refractivity contribution is 0.0973. The first-order valence-electron chi connectivity index (χ1n) is 7.12. The minimum Gasteiger partial charge on any atom is -0.497 e. The van der Waals surface area contributed by atoms with Crippen LogP contribution in [-0.4, -0.2) is 38.1 Å². The molecule has 3 aromatic rings. The first-order chi connectivity index (χ1) is 11.3. The van der Waals surface area contributed by atoms with Gasteiger partial charge >= 0.3 is 0 Å². The summed E-state index contributed by atoms with van der Waals surface area (Å²) in [4.78, 5) is 17.6. The number of hydrogen-bond donors (Lipinski definition) is 0. The topological polar surface area (TPSA) is 82.8 Å². The van der Waals surface area contributed by atoms with Gasteiger partial charge in [0.05, 0.1) is 13.7 Å². The summed E-state index contributed by atoms with van der Waals surface area (Å²) in [6, 6.07) is 10.7. The van der Waals surface area contributed by atoms with Crippen LogP contribution >= 0.6 is 0 Å². The van der Waals surface area contributed by atoms with Crippen molar-refractivity contribution in [3.05, 3.63) is 54.4 Å². The monoisotopic (exact) mass is 309 g/mol. The predicted molar refractivity (Wildman–Crippen MR) is 83.0 cm³/mol. The summed E-state index contributed by atoms with van der Waals surface area (Å²) >= 11 is 0. The lowest BCUT2D eigenvalue weighted by Gasteiger charge is -2.02. The summed E-state index contributed by atoms with van der Waals surface area (Å²) in [6.45, 7) is 0.373. The SMILES string of the molecule is COc1ccc(C(=O)CCn2nnc(-c3cccnc3)n2)cc1. The number of ketones is 1. The van der Waals surface area contributed by atoms with E-state index in [9.17, 15) is 4.79 Å². The van der Waals surface area contributed by atoms with Crippen LogP contribution in [0.3, 0.4) is 0 Å². The summed E-state index contributed by atoms with van der Waals surface area (Å²) in [7, 11) is 1.59. The third kappa shape index (κ3) is 3.57. The van der Waals surface area contributed by atoms with Gasteiger partial charge in [-0.1, -0.05) is 0 Å². The van der Waals surface area contributed by atoms with Crippen LogP contribution in [0, 0.1) is 0 Å². The van der Waals surface area contributed by atoms with Gasteiger partial charge in [0.2, 0.25) is 5.82 Å². The van der Waals surface area contributed by atoms with Crippen molar-refractivity contribution in [3.8, 4) is 17.1 Å². The number of carbonyl (C=O) groups is 1. The Morgan fingerprint density at radius 1 is 1.22 bits per heavy atom. The maximum Gasteiger partial charge on any atom is 0.206 e. The maximum atomic E-state index is 12.2. The number of pyridine rings is 1.